The van der Waals surface area contributed by atoms with Crippen molar-refractivity contribution >= 4 is 0 Å². The molecule has 1 aromatic rings. The molecule has 0 aromatic heterocycles. The topological polar surface area (TPSA) is 0 Å². The maximum atomic E-state index is 3.85. The highest BCUT2D eigenvalue weighted by Crippen LogP contribution is 2.23. The zero-order valence-corrected chi connectivity index (χ0v) is 7.88. The first-order valence-corrected chi connectivity index (χ1v) is 4.47. The Bertz CT molecular complexity index is 260. The van der Waals surface area contributed by atoms with E-state index in [0.29, 0.717) is 5.92 Å². The lowest BCUT2D eigenvalue weighted by atomic mass is 9.93. The van der Waals surface area contributed by atoms with E-state index < -0.39 is 0 Å². The number of aryl methyl sites for hydroxylation is 1. The maximum absolute atomic E-state index is 3.85. The molecule has 0 aliphatic carbocycles. The summed E-state index contributed by atoms with van der Waals surface area (Å²) in [6.07, 6.45) is 3.16. The van der Waals surface area contributed by atoms with Gasteiger partial charge in [-0.05, 0) is 24.5 Å². The van der Waals surface area contributed by atoms with E-state index in [-0.39, 0.29) is 0 Å². The van der Waals surface area contributed by atoms with Crippen molar-refractivity contribution in [3.8, 4) is 0 Å². The van der Waals surface area contributed by atoms with Gasteiger partial charge in [0.2, 0.25) is 0 Å². The summed E-state index contributed by atoms with van der Waals surface area (Å²) in [6, 6.07) is 8.51. The van der Waals surface area contributed by atoms with Crippen molar-refractivity contribution in [2.24, 2.45) is 0 Å². The van der Waals surface area contributed by atoms with Gasteiger partial charge < -0.3 is 0 Å². The molecule has 12 heavy (non-hydrogen) atoms. The van der Waals surface area contributed by atoms with Gasteiger partial charge in [-0.25, -0.2) is 0 Å². The quantitative estimate of drug-likeness (QED) is 0.592. The molecule has 1 atom stereocenters. The molecule has 0 unspecified atom stereocenters. The van der Waals surface area contributed by atoms with E-state index in [0.717, 1.165) is 6.42 Å². The molecule has 0 aliphatic heterocycles. The van der Waals surface area contributed by atoms with Crippen LogP contribution < -0.4 is 0 Å². The smallest absolute Gasteiger partial charge is 0.00152 e. The standard InChI is InChI=1S/C12H16/c1-4-11(5-2)12-9-7-6-8-10(12)3/h4,6-9,11H,1,5H2,2-3H3/t11-/m1/s1. The van der Waals surface area contributed by atoms with Gasteiger partial charge >= 0.3 is 0 Å². The number of hydrogen-bond donors (Lipinski definition) is 0. The van der Waals surface area contributed by atoms with Crippen molar-refractivity contribution in [2.75, 3.05) is 0 Å². The molecule has 0 aliphatic rings. The molecule has 0 saturated heterocycles. The molecule has 1 aromatic carbocycles. The second kappa shape index (κ2) is 4.10. The van der Waals surface area contributed by atoms with Crippen molar-refractivity contribution in [3.05, 3.63) is 48.0 Å². The van der Waals surface area contributed by atoms with Crippen LogP contribution >= 0.6 is 0 Å². The van der Waals surface area contributed by atoms with Crippen LogP contribution in [0.15, 0.2) is 36.9 Å². The van der Waals surface area contributed by atoms with Gasteiger partial charge in [0, 0.05) is 5.92 Å². The normalized spacial score (nSPS) is 12.5. The molecule has 0 bridgehead atoms. The van der Waals surface area contributed by atoms with E-state index in [1.54, 1.807) is 0 Å². The minimum Gasteiger partial charge on any atom is -0.102 e. The summed E-state index contributed by atoms with van der Waals surface area (Å²) < 4.78 is 0. The lowest BCUT2D eigenvalue weighted by molar-refractivity contribution is 0.801. The van der Waals surface area contributed by atoms with Crippen LogP contribution in [0.2, 0.25) is 0 Å². The fourth-order valence-electron chi connectivity index (χ4n) is 1.52. The van der Waals surface area contributed by atoms with Gasteiger partial charge in [-0.3, -0.25) is 0 Å². The van der Waals surface area contributed by atoms with E-state index in [2.05, 4.69) is 44.7 Å². The van der Waals surface area contributed by atoms with Gasteiger partial charge in [0.25, 0.3) is 0 Å². The lowest BCUT2D eigenvalue weighted by Gasteiger charge is -2.12. The van der Waals surface area contributed by atoms with Crippen molar-refractivity contribution < 1.29 is 0 Å². The van der Waals surface area contributed by atoms with Gasteiger partial charge in [-0.1, -0.05) is 37.3 Å². The molecule has 0 spiro atoms. The summed E-state index contributed by atoms with van der Waals surface area (Å²) in [5, 5.41) is 0. The fraction of sp³-hybridized carbons (Fsp3) is 0.333. The first kappa shape index (κ1) is 9.05. The Kier molecular flexibility index (Phi) is 3.09. The molecular formula is C12H16. The molecule has 0 fully saturated rings. The molecular weight excluding hydrogens is 144 g/mol. The van der Waals surface area contributed by atoms with Crippen LogP contribution in [0.5, 0.6) is 0 Å². The number of hydrogen-bond acceptors (Lipinski definition) is 0. The average Bonchev–Trinajstić information content (AvgIpc) is 2.10. The largest absolute Gasteiger partial charge is 0.102 e. The highest BCUT2D eigenvalue weighted by Gasteiger charge is 2.05. The van der Waals surface area contributed by atoms with E-state index in [1.165, 1.54) is 11.1 Å². The first-order chi connectivity index (χ1) is 5.79. The number of rotatable bonds is 3. The number of allylic oxidation sites excluding steroid dienone is 1. The maximum Gasteiger partial charge on any atom is 0.00152 e. The molecule has 0 amide bonds. The highest BCUT2D eigenvalue weighted by molar-refractivity contribution is 5.31. The molecule has 0 N–H and O–H groups in total. The number of benzene rings is 1. The second-order valence-electron chi connectivity index (χ2n) is 3.11. The monoisotopic (exact) mass is 160 g/mol. The van der Waals surface area contributed by atoms with Crippen molar-refractivity contribution in [1.29, 1.82) is 0 Å². The molecule has 0 heteroatoms. The first-order valence-electron chi connectivity index (χ1n) is 4.47. The van der Waals surface area contributed by atoms with Gasteiger partial charge in [0.05, 0.1) is 0 Å². The van der Waals surface area contributed by atoms with Crippen LogP contribution in [0, 0.1) is 6.92 Å². The van der Waals surface area contributed by atoms with Gasteiger partial charge in [0.1, 0.15) is 0 Å². The Labute approximate surface area is 74.9 Å². The predicted molar refractivity (Wildman–Crippen MR) is 54.4 cm³/mol. The average molecular weight is 160 g/mol. The Morgan fingerprint density at radius 3 is 2.58 bits per heavy atom. The van der Waals surface area contributed by atoms with Crippen LogP contribution in [0.1, 0.15) is 30.4 Å². The Hall–Kier alpha value is -1.04. The summed E-state index contributed by atoms with van der Waals surface area (Å²) in [6.45, 7) is 8.20. The zero-order valence-electron chi connectivity index (χ0n) is 7.88. The minimum absolute atomic E-state index is 0.520. The lowest BCUT2D eigenvalue weighted by Crippen LogP contribution is -1.95. The van der Waals surface area contributed by atoms with Crippen molar-refractivity contribution in [3.63, 3.8) is 0 Å². The van der Waals surface area contributed by atoms with Crippen LogP contribution in [-0.2, 0) is 0 Å². The van der Waals surface area contributed by atoms with Crippen LogP contribution in [-0.4, -0.2) is 0 Å². The Morgan fingerprint density at radius 2 is 2.08 bits per heavy atom. The minimum atomic E-state index is 0.520. The van der Waals surface area contributed by atoms with Crippen LogP contribution in [0.4, 0.5) is 0 Å². The molecule has 0 saturated carbocycles. The molecule has 0 radical (unpaired) electrons. The summed E-state index contributed by atoms with van der Waals surface area (Å²) >= 11 is 0. The summed E-state index contributed by atoms with van der Waals surface area (Å²) in [7, 11) is 0. The second-order valence-corrected chi connectivity index (χ2v) is 3.11. The van der Waals surface area contributed by atoms with Gasteiger partial charge in [-0.15, -0.1) is 6.58 Å². The van der Waals surface area contributed by atoms with E-state index >= 15 is 0 Å². The summed E-state index contributed by atoms with van der Waals surface area (Å²) in [4.78, 5) is 0. The van der Waals surface area contributed by atoms with E-state index in [4.69, 9.17) is 0 Å². The van der Waals surface area contributed by atoms with Crippen LogP contribution in [0.3, 0.4) is 0 Å². The Balaban J connectivity index is 3.00. The third-order valence-corrected chi connectivity index (χ3v) is 2.31. The summed E-state index contributed by atoms with van der Waals surface area (Å²) in [5.74, 6) is 0.520. The van der Waals surface area contributed by atoms with E-state index in [1.807, 2.05) is 6.08 Å². The van der Waals surface area contributed by atoms with Gasteiger partial charge in [-0.2, -0.15) is 0 Å². The molecule has 64 valence electrons. The fourth-order valence-corrected chi connectivity index (χ4v) is 1.52. The SMILES string of the molecule is C=C[C@H](CC)c1ccccc1C. The van der Waals surface area contributed by atoms with Crippen molar-refractivity contribution in [1.82, 2.24) is 0 Å². The highest BCUT2D eigenvalue weighted by atomic mass is 14.1. The molecule has 0 heterocycles. The van der Waals surface area contributed by atoms with Gasteiger partial charge in [0.15, 0.2) is 0 Å². The molecule has 1 rings (SSSR count). The molecule has 0 nitrogen and oxygen atoms in total. The third-order valence-electron chi connectivity index (χ3n) is 2.31. The third kappa shape index (κ3) is 1.76. The van der Waals surface area contributed by atoms with E-state index in [9.17, 15) is 0 Å². The predicted octanol–water partition coefficient (Wildman–Crippen LogP) is 3.67. The zero-order chi connectivity index (χ0) is 8.97. The summed E-state index contributed by atoms with van der Waals surface area (Å²) in [5.41, 5.74) is 2.78. The van der Waals surface area contributed by atoms with Crippen molar-refractivity contribution in [2.45, 2.75) is 26.2 Å². The Morgan fingerprint density at radius 1 is 1.42 bits per heavy atom. The van der Waals surface area contributed by atoms with Crippen LogP contribution in [0.25, 0.3) is 0 Å².